The Labute approximate surface area is 172 Å². The molecule has 1 aromatic heterocycles. The number of amides is 1. The van der Waals surface area contributed by atoms with Gasteiger partial charge in [-0.2, -0.15) is 5.26 Å². The maximum absolute atomic E-state index is 12.5. The molecule has 1 N–H and O–H groups in total. The van der Waals surface area contributed by atoms with Crippen LogP contribution in [0, 0.1) is 17.2 Å². The van der Waals surface area contributed by atoms with E-state index in [1.54, 1.807) is 31.3 Å². The summed E-state index contributed by atoms with van der Waals surface area (Å²) in [6.45, 7) is 1.22. The highest BCUT2D eigenvalue weighted by Gasteiger charge is 2.43. The fourth-order valence-electron chi connectivity index (χ4n) is 2.68. The van der Waals surface area contributed by atoms with E-state index in [-0.39, 0.29) is 11.5 Å². The lowest BCUT2D eigenvalue weighted by molar-refractivity contribution is -0.125. The van der Waals surface area contributed by atoms with E-state index in [1.807, 2.05) is 18.2 Å². The average Bonchev–Trinajstić information content (AvgIpc) is 3.54. The van der Waals surface area contributed by atoms with E-state index < -0.39 is 24.0 Å². The third-order valence-corrected chi connectivity index (χ3v) is 5.93. The minimum atomic E-state index is -0.928. The van der Waals surface area contributed by atoms with E-state index in [1.165, 1.54) is 11.8 Å². The smallest absolute Gasteiger partial charge is 0.341 e. The SMILES string of the molecule is C[C@@](C#N)(NC(=O)COC(=O)c1cccnc1Sc1ccccc1Cl)C1CC1. The molecule has 0 radical (unpaired) electrons. The van der Waals surface area contributed by atoms with Gasteiger partial charge in [-0.15, -0.1) is 0 Å². The molecule has 2 aromatic rings. The summed E-state index contributed by atoms with van der Waals surface area (Å²) in [5.74, 6) is -1.02. The largest absolute Gasteiger partial charge is 0.452 e. The number of pyridine rings is 1. The van der Waals surface area contributed by atoms with Crippen molar-refractivity contribution >= 4 is 35.2 Å². The lowest BCUT2D eigenvalue weighted by Gasteiger charge is -2.22. The molecule has 6 nitrogen and oxygen atoms in total. The van der Waals surface area contributed by atoms with Gasteiger partial charge in [0, 0.05) is 11.1 Å². The number of nitrogens with one attached hydrogen (secondary N) is 1. The lowest BCUT2D eigenvalue weighted by atomic mass is 9.98. The fourth-order valence-corrected chi connectivity index (χ4v) is 3.82. The molecular formula is C20H18ClN3O3S. The second-order valence-electron chi connectivity index (χ2n) is 6.60. The van der Waals surface area contributed by atoms with Crippen LogP contribution in [0.3, 0.4) is 0 Å². The number of aromatic nitrogens is 1. The van der Waals surface area contributed by atoms with Crippen molar-refractivity contribution in [2.45, 2.75) is 35.2 Å². The summed E-state index contributed by atoms with van der Waals surface area (Å²) < 4.78 is 5.14. The normalized spacial score (nSPS) is 15.2. The second kappa shape index (κ2) is 8.63. The molecular weight excluding hydrogens is 398 g/mol. The second-order valence-corrected chi connectivity index (χ2v) is 8.04. The maximum atomic E-state index is 12.5. The van der Waals surface area contributed by atoms with Crippen molar-refractivity contribution in [2.24, 2.45) is 5.92 Å². The molecule has 1 saturated carbocycles. The van der Waals surface area contributed by atoms with Gasteiger partial charge in [-0.3, -0.25) is 4.79 Å². The molecule has 0 bridgehead atoms. The first-order valence-electron chi connectivity index (χ1n) is 8.70. The van der Waals surface area contributed by atoms with Crippen LogP contribution < -0.4 is 5.32 Å². The monoisotopic (exact) mass is 415 g/mol. The summed E-state index contributed by atoms with van der Waals surface area (Å²) in [5, 5.41) is 12.9. The van der Waals surface area contributed by atoms with Crippen LogP contribution in [0.25, 0.3) is 0 Å². The summed E-state index contributed by atoms with van der Waals surface area (Å²) in [5.41, 5.74) is -0.687. The highest BCUT2D eigenvalue weighted by molar-refractivity contribution is 7.99. The van der Waals surface area contributed by atoms with Crippen LogP contribution >= 0.6 is 23.4 Å². The maximum Gasteiger partial charge on any atom is 0.341 e. The Bertz CT molecular complexity index is 942. The van der Waals surface area contributed by atoms with Gasteiger partial charge in [0.25, 0.3) is 5.91 Å². The van der Waals surface area contributed by atoms with Crippen molar-refractivity contribution in [3.8, 4) is 6.07 Å². The number of carbonyl (C=O) groups excluding carboxylic acids is 2. The number of hydrogen-bond acceptors (Lipinski definition) is 6. The van der Waals surface area contributed by atoms with Crippen LogP contribution in [0.1, 0.15) is 30.1 Å². The van der Waals surface area contributed by atoms with E-state index in [4.69, 9.17) is 16.3 Å². The first kappa shape index (κ1) is 20.2. The molecule has 1 atom stereocenters. The highest BCUT2D eigenvalue weighted by Crippen LogP contribution is 2.39. The molecule has 1 amide bonds. The molecule has 8 heteroatoms. The Balaban J connectivity index is 1.64. The number of rotatable bonds is 7. The quantitative estimate of drug-likeness (QED) is 0.690. The summed E-state index contributed by atoms with van der Waals surface area (Å²) in [7, 11) is 0. The van der Waals surface area contributed by atoms with Crippen molar-refractivity contribution < 1.29 is 14.3 Å². The topological polar surface area (TPSA) is 92.1 Å². The van der Waals surface area contributed by atoms with Crippen LogP contribution in [0.15, 0.2) is 52.5 Å². The molecule has 1 aliphatic carbocycles. The van der Waals surface area contributed by atoms with Crippen molar-refractivity contribution in [1.82, 2.24) is 10.3 Å². The summed E-state index contributed by atoms with van der Waals surface area (Å²) >= 11 is 7.41. The molecule has 0 saturated heterocycles. The predicted molar refractivity (Wildman–Crippen MR) is 105 cm³/mol. The first-order chi connectivity index (χ1) is 13.4. The van der Waals surface area contributed by atoms with Crippen LogP contribution in [-0.2, 0) is 9.53 Å². The van der Waals surface area contributed by atoms with Crippen molar-refractivity contribution in [3.05, 3.63) is 53.2 Å². The molecule has 1 fully saturated rings. The Hall–Kier alpha value is -2.56. The molecule has 1 heterocycles. The zero-order valence-electron chi connectivity index (χ0n) is 15.1. The van der Waals surface area contributed by atoms with Crippen molar-refractivity contribution in [1.29, 1.82) is 5.26 Å². The number of esters is 1. The zero-order valence-corrected chi connectivity index (χ0v) is 16.7. The Morgan fingerprint density at radius 1 is 1.36 bits per heavy atom. The number of carbonyl (C=O) groups is 2. The van der Waals surface area contributed by atoms with Gasteiger partial charge in [0.1, 0.15) is 10.6 Å². The van der Waals surface area contributed by atoms with Gasteiger partial charge in [0.15, 0.2) is 6.61 Å². The van der Waals surface area contributed by atoms with Gasteiger partial charge in [-0.05, 0) is 49.9 Å². The summed E-state index contributed by atoms with van der Waals surface area (Å²) in [6.07, 6.45) is 3.38. The molecule has 3 rings (SSSR count). The summed E-state index contributed by atoms with van der Waals surface area (Å²) in [4.78, 5) is 29.6. The summed E-state index contributed by atoms with van der Waals surface area (Å²) in [6, 6.07) is 12.6. The average molecular weight is 416 g/mol. The van der Waals surface area contributed by atoms with Crippen molar-refractivity contribution in [2.75, 3.05) is 6.61 Å². The van der Waals surface area contributed by atoms with Gasteiger partial charge in [0.2, 0.25) is 0 Å². The predicted octanol–water partition coefficient (Wildman–Crippen LogP) is 3.85. The van der Waals surface area contributed by atoms with Crippen LogP contribution in [0.4, 0.5) is 0 Å². The van der Waals surface area contributed by atoms with Gasteiger partial charge in [-0.1, -0.05) is 35.5 Å². The van der Waals surface area contributed by atoms with E-state index in [0.717, 1.165) is 17.7 Å². The number of benzene rings is 1. The standard InChI is InChI=1S/C20H18ClN3O3S/c1-20(12-22,13-8-9-13)24-17(25)11-27-19(26)14-5-4-10-23-18(14)28-16-7-3-2-6-15(16)21/h2-7,10,13H,8-9,11H2,1H3,(H,24,25)/t20-/m0/s1. The Morgan fingerprint density at radius 2 is 2.11 bits per heavy atom. The third-order valence-electron chi connectivity index (χ3n) is 4.39. The van der Waals surface area contributed by atoms with E-state index in [0.29, 0.717) is 10.0 Å². The molecule has 144 valence electrons. The number of halogens is 1. The minimum Gasteiger partial charge on any atom is -0.452 e. The molecule has 28 heavy (non-hydrogen) atoms. The molecule has 0 unspecified atom stereocenters. The molecule has 0 spiro atoms. The number of nitriles is 1. The molecule has 1 aliphatic rings. The lowest BCUT2D eigenvalue weighted by Crippen LogP contribution is -2.48. The number of nitrogens with zero attached hydrogens (tertiary/aromatic N) is 2. The highest BCUT2D eigenvalue weighted by atomic mass is 35.5. The molecule has 1 aromatic carbocycles. The van der Waals surface area contributed by atoms with Crippen LogP contribution in [0.5, 0.6) is 0 Å². The van der Waals surface area contributed by atoms with E-state index in [9.17, 15) is 14.9 Å². The Kier molecular flexibility index (Phi) is 6.22. The Morgan fingerprint density at radius 3 is 2.79 bits per heavy atom. The van der Waals surface area contributed by atoms with Gasteiger partial charge < -0.3 is 10.1 Å². The third kappa shape index (κ3) is 4.83. The first-order valence-corrected chi connectivity index (χ1v) is 9.89. The minimum absolute atomic E-state index is 0.147. The van der Waals surface area contributed by atoms with Gasteiger partial charge >= 0.3 is 5.97 Å². The van der Waals surface area contributed by atoms with Crippen molar-refractivity contribution in [3.63, 3.8) is 0 Å². The fraction of sp³-hybridized carbons (Fsp3) is 0.300. The van der Waals surface area contributed by atoms with Gasteiger partial charge in [0.05, 0.1) is 16.7 Å². The molecule has 0 aliphatic heterocycles. The van der Waals surface area contributed by atoms with E-state index >= 15 is 0 Å². The van der Waals surface area contributed by atoms with Gasteiger partial charge in [-0.25, -0.2) is 9.78 Å². The van der Waals surface area contributed by atoms with E-state index in [2.05, 4.69) is 16.4 Å². The van der Waals surface area contributed by atoms with Crippen LogP contribution in [-0.4, -0.2) is 29.0 Å². The number of ether oxygens (including phenoxy) is 1. The number of hydrogen-bond donors (Lipinski definition) is 1. The zero-order chi connectivity index (χ0) is 20.1. The van der Waals surface area contributed by atoms with Crippen LogP contribution in [0.2, 0.25) is 5.02 Å².